The minimum atomic E-state index is -0.824. The van der Waals surface area contributed by atoms with Crippen LogP contribution in [0.1, 0.15) is 103 Å². The van der Waals surface area contributed by atoms with Crippen molar-refractivity contribution in [2.45, 2.75) is 96.8 Å². The first-order valence-electron chi connectivity index (χ1n) is 13.8. The van der Waals surface area contributed by atoms with E-state index in [4.69, 9.17) is 32.7 Å². The smallest absolute Gasteiger partial charge is 0.336 e. The van der Waals surface area contributed by atoms with Gasteiger partial charge < -0.3 is 19.8 Å². The molecule has 1 aromatic rings. The number of imidazole rings is 1. The normalized spacial score (nSPS) is 20.2. The lowest BCUT2D eigenvalue weighted by Gasteiger charge is -2.29. The van der Waals surface area contributed by atoms with Gasteiger partial charge in [0.1, 0.15) is 11.0 Å². The number of halogens is 2. The Bertz CT molecular complexity index is 959. The summed E-state index contributed by atoms with van der Waals surface area (Å²) in [7, 11) is 0. The summed E-state index contributed by atoms with van der Waals surface area (Å²) in [6.07, 6.45) is 14.0. The predicted molar refractivity (Wildman–Crippen MR) is 144 cm³/mol. The maximum absolute atomic E-state index is 13.4. The van der Waals surface area contributed by atoms with Gasteiger partial charge in [-0.2, -0.15) is 0 Å². The zero-order valence-electron chi connectivity index (χ0n) is 22.0. The molecule has 37 heavy (non-hydrogen) atoms. The molecule has 0 unspecified atom stereocenters. The van der Waals surface area contributed by atoms with Gasteiger partial charge in [-0.05, 0) is 38.5 Å². The molecule has 3 aliphatic rings. The van der Waals surface area contributed by atoms with Gasteiger partial charge in [-0.15, -0.1) is 0 Å². The minimum Gasteiger partial charge on any atom is -0.462 e. The minimum absolute atomic E-state index is 0.0838. The maximum Gasteiger partial charge on any atom is 0.336 e. The highest BCUT2D eigenvalue weighted by atomic mass is 35.5. The molecule has 1 aliphatic heterocycles. The van der Waals surface area contributed by atoms with Crippen LogP contribution in [0, 0.1) is 11.8 Å². The fraction of sp³-hybridized carbons (Fsp3) is 0.679. The van der Waals surface area contributed by atoms with Crippen molar-refractivity contribution in [1.82, 2.24) is 15.3 Å². The van der Waals surface area contributed by atoms with Crippen LogP contribution < -0.4 is 5.32 Å². The second-order valence-electron chi connectivity index (χ2n) is 10.7. The highest BCUT2D eigenvalue weighted by Crippen LogP contribution is 2.40. The zero-order valence-corrected chi connectivity index (χ0v) is 23.5. The van der Waals surface area contributed by atoms with Crippen LogP contribution in [0.2, 0.25) is 10.3 Å². The lowest BCUT2D eigenvalue weighted by molar-refractivity contribution is -0.140. The van der Waals surface area contributed by atoms with Crippen LogP contribution in [0.25, 0.3) is 0 Å². The molecule has 2 aliphatic carbocycles. The molecule has 4 rings (SSSR count). The molecule has 0 bridgehead atoms. The molecule has 0 spiro atoms. The first-order chi connectivity index (χ1) is 17.8. The van der Waals surface area contributed by atoms with Gasteiger partial charge in [0.15, 0.2) is 5.15 Å². The lowest BCUT2D eigenvalue weighted by Crippen LogP contribution is -2.33. The second-order valence-corrected chi connectivity index (χ2v) is 11.5. The summed E-state index contributed by atoms with van der Waals surface area (Å²) in [5.74, 6) is -0.277. The Hall–Kier alpha value is -1.99. The van der Waals surface area contributed by atoms with Gasteiger partial charge in [0.25, 0.3) is 0 Å². The molecule has 2 fully saturated rings. The molecular formula is C28H39Cl2N3O4. The average molecular weight is 553 g/mol. The van der Waals surface area contributed by atoms with Crippen molar-refractivity contribution in [1.29, 1.82) is 0 Å². The number of H-pyrrole nitrogens is 1. The highest BCUT2D eigenvalue weighted by molar-refractivity contribution is 6.40. The Morgan fingerprint density at radius 3 is 1.68 bits per heavy atom. The Morgan fingerprint density at radius 2 is 1.27 bits per heavy atom. The van der Waals surface area contributed by atoms with Crippen LogP contribution in [0.4, 0.5) is 0 Å². The highest BCUT2D eigenvalue weighted by Gasteiger charge is 2.40. The van der Waals surface area contributed by atoms with Crippen molar-refractivity contribution in [3.63, 3.8) is 0 Å². The number of dihydropyridines is 1. The first kappa shape index (κ1) is 28.0. The van der Waals surface area contributed by atoms with Gasteiger partial charge in [0.2, 0.25) is 0 Å². The molecule has 1 aromatic heterocycles. The SMILES string of the molecule is CC1=C(C(=O)OCCC2CCCCC2)C(c2nc(Cl)c(Cl)[nH]2)C(C(=O)OCCC2CCCCC2)=C(C)N1. The molecule has 9 heteroatoms. The number of ether oxygens (including phenoxy) is 2. The van der Waals surface area contributed by atoms with Crippen molar-refractivity contribution in [3.8, 4) is 0 Å². The third kappa shape index (κ3) is 7.11. The summed E-state index contributed by atoms with van der Waals surface area (Å²) in [6, 6.07) is 0. The number of rotatable bonds is 9. The molecular weight excluding hydrogens is 513 g/mol. The summed E-state index contributed by atoms with van der Waals surface area (Å²) in [5.41, 5.74) is 1.84. The van der Waals surface area contributed by atoms with Crippen molar-refractivity contribution >= 4 is 35.1 Å². The van der Waals surface area contributed by atoms with E-state index in [1.807, 2.05) is 0 Å². The van der Waals surface area contributed by atoms with Crippen LogP contribution in [0.3, 0.4) is 0 Å². The van der Waals surface area contributed by atoms with Gasteiger partial charge >= 0.3 is 11.9 Å². The quantitative estimate of drug-likeness (QED) is 0.321. The Balaban J connectivity index is 1.50. The van der Waals surface area contributed by atoms with Crippen LogP contribution in [0.15, 0.2) is 22.5 Å². The standard InChI is InChI=1S/C28H39Cl2N3O4/c1-17-21(27(34)36-15-13-19-9-5-3-6-10-19)23(26-32-24(29)25(30)33-26)22(18(2)31-17)28(35)37-16-14-20-11-7-4-8-12-20/h19-20,23,31H,3-16H2,1-2H3,(H,32,33). The number of esters is 2. The molecule has 0 aromatic carbocycles. The fourth-order valence-electron chi connectivity index (χ4n) is 6.04. The predicted octanol–water partition coefficient (Wildman–Crippen LogP) is 6.98. The van der Waals surface area contributed by atoms with Crippen LogP contribution in [0.5, 0.6) is 0 Å². The monoisotopic (exact) mass is 551 g/mol. The van der Waals surface area contributed by atoms with Gasteiger partial charge in [-0.3, -0.25) is 0 Å². The number of allylic oxidation sites excluding steroid dienone is 2. The van der Waals surface area contributed by atoms with Gasteiger partial charge in [0, 0.05) is 11.4 Å². The second kappa shape index (κ2) is 13.2. The lowest BCUT2D eigenvalue weighted by atomic mass is 9.84. The number of nitrogens with one attached hydrogen (secondary N) is 2. The third-order valence-corrected chi connectivity index (χ3v) is 8.72. The van der Waals surface area contributed by atoms with E-state index in [0.717, 1.165) is 12.8 Å². The van der Waals surface area contributed by atoms with Gasteiger partial charge in [0.05, 0.1) is 30.3 Å². The van der Waals surface area contributed by atoms with E-state index in [2.05, 4.69) is 15.3 Å². The molecule has 2 N–H and O–H groups in total. The fourth-order valence-corrected chi connectivity index (χ4v) is 6.31. The topological polar surface area (TPSA) is 93.3 Å². The van der Waals surface area contributed by atoms with E-state index >= 15 is 0 Å². The van der Waals surface area contributed by atoms with Gasteiger partial charge in [-0.25, -0.2) is 14.6 Å². The van der Waals surface area contributed by atoms with Crippen molar-refractivity contribution < 1.29 is 19.1 Å². The van der Waals surface area contributed by atoms with Crippen molar-refractivity contribution in [3.05, 3.63) is 38.7 Å². The summed E-state index contributed by atoms with van der Waals surface area (Å²) in [4.78, 5) is 34.1. The molecule has 0 radical (unpaired) electrons. The van der Waals surface area contributed by atoms with Gasteiger partial charge in [-0.1, -0.05) is 87.4 Å². The number of hydrogen-bond acceptors (Lipinski definition) is 6. The Labute approximate surface area is 229 Å². The molecule has 2 heterocycles. The number of hydrogen-bond donors (Lipinski definition) is 2. The molecule has 2 saturated carbocycles. The number of carbonyl (C=O) groups excluding carboxylic acids is 2. The Morgan fingerprint density at radius 1 is 0.811 bits per heavy atom. The number of carbonyl (C=O) groups is 2. The number of aromatic amines is 1. The molecule has 0 saturated heterocycles. The van der Waals surface area contributed by atoms with E-state index in [1.165, 1.54) is 64.2 Å². The van der Waals surface area contributed by atoms with Crippen molar-refractivity contribution in [2.75, 3.05) is 13.2 Å². The summed E-state index contributed by atoms with van der Waals surface area (Å²) in [5, 5.41) is 3.43. The molecule has 0 amide bonds. The molecule has 204 valence electrons. The van der Waals surface area contributed by atoms with Crippen LogP contribution >= 0.6 is 23.2 Å². The van der Waals surface area contributed by atoms with E-state index in [0.29, 0.717) is 53.4 Å². The van der Waals surface area contributed by atoms with Crippen LogP contribution in [-0.2, 0) is 19.1 Å². The summed E-state index contributed by atoms with van der Waals surface area (Å²) >= 11 is 12.3. The van der Waals surface area contributed by atoms with E-state index in [9.17, 15) is 9.59 Å². The third-order valence-electron chi connectivity index (χ3n) is 8.08. The Kier molecular flexibility index (Phi) is 9.99. The van der Waals surface area contributed by atoms with E-state index in [-0.39, 0.29) is 10.3 Å². The van der Waals surface area contributed by atoms with E-state index < -0.39 is 17.9 Å². The summed E-state index contributed by atoms with van der Waals surface area (Å²) in [6.45, 7) is 4.28. The largest absolute Gasteiger partial charge is 0.462 e. The van der Waals surface area contributed by atoms with Crippen molar-refractivity contribution in [2.24, 2.45) is 11.8 Å². The number of nitrogens with zero attached hydrogens (tertiary/aromatic N) is 1. The molecule has 7 nitrogen and oxygen atoms in total. The average Bonchev–Trinajstić information content (AvgIpc) is 3.22. The first-order valence-corrected chi connectivity index (χ1v) is 14.5. The zero-order chi connectivity index (χ0) is 26.4. The van der Waals surface area contributed by atoms with E-state index in [1.54, 1.807) is 13.8 Å². The summed E-state index contributed by atoms with van der Waals surface area (Å²) < 4.78 is 11.5. The van der Waals surface area contributed by atoms with Crippen LogP contribution in [-0.4, -0.2) is 35.1 Å². The molecule has 0 atom stereocenters. The maximum atomic E-state index is 13.4. The number of aromatic nitrogens is 2.